The lowest BCUT2D eigenvalue weighted by atomic mass is 9.87. The van der Waals surface area contributed by atoms with Gasteiger partial charge in [0, 0.05) is 6.42 Å². The van der Waals surface area contributed by atoms with E-state index in [0.29, 0.717) is 24.2 Å². The first kappa shape index (κ1) is 11.1. The molecule has 2 aliphatic rings. The molecular formula is C11H13N3O4. The maximum absolute atomic E-state index is 12.1. The zero-order chi connectivity index (χ0) is 12.8. The smallest absolute Gasteiger partial charge is 0.322 e. The predicted molar refractivity (Wildman–Crippen MR) is 59.0 cm³/mol. The summed E-state index contributed by atoms with van der Waals surface area (Å²) < 4.78 is 10.4. The van der Waals surface area contributed by atoms with E-state index in [0.717, 1.165) is 12.8 Å². The first-order chi connectivity index (χ1) is 8.67. The quantitative estimate of drug-likeness (QED) is 0.706. The highest BCUT2D eigenvalue weighted by molar-refractivity contribution is 6.07. The van der Waals surface area contributed by atoms with E-state index < -0.39 is 11.6 Å². The molecule has 0 radical (unpaired) electrons. The van der Waals surface area contributed by atoms with Crippen molar-refractivity contribution in [1.82, 2.24) is 15.8 Å². The molecule has 2 N–H and O–H groups in total. The van der Waals surface area contributed by atoms with Gasteiger partial charge in [-0.05, 0) is 24.4 Å². The SMILES string of the molecule is COc1noc2c1C1(CCCC2)NC(=O)NC1=O. The number of carbonyl (C=O) groups is 2. The molecule has 1 aliphatic heterocycles. The molecule has 1 fully saturated rings. The maximum Gasteiger partial charge on any atom is 0.322 e. The zero-order valence-corrected chi connectivity index (χ0v) is 9.91. The first-order valence-corrected chi connectivity index (χ1v) is 5.84. The normalized spacial score (nSPS) is 26.5. The van der Waals surface area contributed by atoms with Crippen LogP contribution in [0.5, 0.6) is 5.88 Å². The number of aryl methyl sites for hydroxylation is 1. The summed E-state index contributed by atoms with van der Waals surface area (Å²) in [5.74, 6) is 0.517. The van der Waals surface area contributed by atoms with Crippen LogP contribution in [0, 0.1) is 0 Å². The summed E-state index contributed by atoms with van der Waals surface area (Å²) in [7, 11) is 1.46. The van der Waals surface area contributed by atoms with Gasteiger partial charge < -0.3 is 14.6 Å². The molecule has 0 saturated carbocycles. The summed E-state index contributed by atoms with van der Waals surface area (Å²) >= 11 is 0. The molecular weight excluding hydrogens is 238 g/mol. The monoisotopic (exact) mass is 251 g/mol. The van der Waals surface area contributed by atoms with Gasteiger partial charge in [-0.25, -0.2) is 4.79 Å². The second kappa shape index (κ2) is 3.72. The average Bonchev–Trinajstić information content (AvgIpc) is 2.81. The van der Waals surface area contributed by atoms with E-state index in [1.807, 2.05) is 0 Å². The van der Waals surface area contributed by atoms with Crippen molar-refractivity contribution in [3.63, 3.8) is 0 Å². The van der Waals surface area contributed by atoms with E-state index in [-0.39, 0.29) is 11.8 Å². The zero-order valence-electron chi connectivity index (χ0n) is 9.91. The van der Waals surface area contributed by atoms with Gasteiger partial charge in [-0.3, -0.25) is 10.1 Å². The number of ether oxygens (including phenoxy) is 1. The molecule has 3 rings (SSSR count). The van der Waals surface area contributed by atoms with Crippen LogP contribution in [0.15, 0.2) is 4.52 Å². The number of rotatable bonds is 1. The van der Waals surface area contributed by atoms with Gasteiger partial charge in [0.1, 0.15) is 5.76 Å². The first-order valence-electron chi connectivity index (χ1n) is 5.84. The van der Waals surface area contributed by atoms with Crippen molar-refractivity contribution in [2.24, 2.45) is 0 Å². The molecule has 1 atom stereocenters. The Hall–Kier alpha value is -2.05. The lowest BCUT2D eigenvalue weighted by Gasteiger charge is -2.24. The molecule has 7 heteroatoms. The Balaban J connectivity index is 2.19. The van der Waals surface area contributed by atoms with Crippen LogP contribution in [-0.4, -0.2) is 24.2 Å². The highest BCUT2D eigenvalue weighted by atomic mass is 16.5. The third kappa shape index (κ3) is 1.33. The Labute approximate surface area is 103 Å². The van der Waals surface area contributed by atoms with Gasteiger partial charge in [-0.15, -0.1) is 0 Å². The van der Waals surface area contributed by atoms with E-state index in [4.69, 9.17) is 9.26 Å². The van der Waals surface area contributed by atoms with Crippen LogP contribution in [0.3, 0.4) is 0 Å². The molecule has 3 amide bonds. The topological polar surface area (TPSA) is 93.5 Å². The molecule has 18 heavy (non-hydrogen) atoms. The minimum Gasteiger partial charge on any atom is -0.479 e. The van der Waals surface area contributed by atoms with Gasteiger partial charge in [0.25, 0.3) is 11.8 Å². The largest absolute Gasteiger partial charge is 0.479 e. The van der Waals surface area contributed by atoms with E-state index in [9.17, 15) is 9.59 Å². The summed E-state index contributed by atoms with van der Waals surface area (Å²) in [5.41, 5.74) is -0.528. The Morgan fingerprint density at radius 2 is 2.22 bits per heavy atom. The van der Waals surface area contributed by atoms with Crippen LogP contribution in [0.2, 0.25) is 0 Å². The molecule has 1 aromatic heterocycles. The summed E-state index contributed by atoms with van der Waals surface area (Å²) in [4.78, 5) is 23.6. The van der Waals surface area contributed by atoms with Crippen molar-refractivity contribution in [3.8, 4) is 5.88 Å². The van der Waals surface area contributed by atoms with Crippen molar-refractivity contribution < 1.29 is 18.8 Å². The number of urea groups is 1. The standard InChI is InChI=1S/C11H13N3O4/c1-17-8-7-6(18-14-8)4-2-3-5-11(7)9(15)12-10(16)13-11/h2-5H2,1H3,(H2,12,13,15,16). The van der Waals surface area contributed by atoms with Gasteiger partial charge in [-0.1, -0.05) is 0 Å². The second-order valence-electron chi connectivity index (χ2n) is 4.51. The van der Waals surface area contributed by atoms with Crippen LogP contribution >= 0.6 is 0 Å². The van der Waals surface area contributed by atoms with Crippen LogP contribution in [0.4, 0.5) is 4.79 Å². The number of carbonyl (C=O) groups excluding carboxylic acids is 2. The van der Waals surface area contributed by atoms with E-state index in [1.54, 1.807) is 0 Å². The van der Waals surface area contributed by atoms with Gasteiger partial charge in [-0.2, -0.15) is 0 Å². The van der Waals surface area contributed by atoms with Crippen molar-refractivity contribution in [3.05, 3.63) is 11.3 Å². The molecule has 2 heterocycles. The van der Waals surface area contributed by atoms with Crippen LogP contribution in [0.25, 0.3) is 0 Å². The molecule has 1 aromatic rings. The summed E-state index contributed by atoms with van der Waals surface area (Å²) in [5, 5.41) is 8.78. The molecule has 1 aliphatic carbocycles. The number of nitrogens with one attached hydrogen (secondary N) is 2. The summed E-state index contributed by atoms with van der Waals surface area (Å²) in [6.07, 6.45) is 2.92. The lowest BCUT2D eigenvalue weighted by Crippen LogP contribution is -2.43. The Bertz CT molecular complexity index is 524. The minimum absolute atomic E-state index is 0.268. The van der Waals surface area contributed by atoms with Crippen LogP contribution in [0.1, 0.15) is 30.6 Å². The fourth-order valence-corrected chi connectivity index (χ4v) is 2.68. The van der Waals surface area contributed by atoms with Crippen molar-refractivity contribution in [2.45, 2.75) is 31.2 Å². The number of aromatic nitrogens is 1. The van der Waals surface area contributed by atoms with Crippen molar-refractivity contribution >= 4 is 11.9 Å². The number of hydrogen-bond acceptors (Lipinski definition) is 5. The molecule has 1 spiro atoms. The van der Waals surface area contributed by atoms with Gasteiger partial charge in [0.05, 0.1) is 12.7 Å². The maximum atomic E-state index is 12.1. The summed E-state index contributed by atoms with van der Waals surface area (Å²) in [6, 6.07) is -0.490. The number of methoxy groups -OCH3 is 1. The van der Waals surface area contributed by atoms with Gasteiger partial charge >= 0.3 is 6.03 Å². The fraction of sp³-hybridized carbons (Fsp3) is 0.545. The molecule has 1 saturated heterocycles. The number of fused-ring (bicyclic) bond motifs is 2. The predicted octanol–water partition coefficient (Wildman–Crippen LogP) is 0.444. The fourth-order valence-electron chi connectivity index (χ4n) is 2.68. The van der Waals surface area contributed by atoms with Crippen LogP contribution < -0.4 is 15.4 Å². The third-order valence-electron chi connectivity index (χ3n) is 3.50. The second-order valence-corrected chi connectivity index (χ2v) is 4.51. The van der Waals surface area contributed by atoms with Crippen molar-refractivity contribution in [2.75, 3.05) is 7.11 Å². The Morgan fingerprint density at radius 3 is 2.89 bits per heavy atom. The van der Waals surface area contributed by atoms with Gasteiger partial charge in [0.2, 0.25) is 0 Å². The molecule has 0 bridgehead atoms. The summed E-state index contributed by atoms with van der Waals surface area (Å²) in [6.45, 7) is 0. The molecule has 1 unspecified atom stereocenters. The molecule has 7 nitrogen and oxygen atoms in total. The van der Waals surface area contributed by atoms with E-state index in [2.05, 4.69) is 15.8 Å². The molecule has 96 valence electrons. The number of hydrogen-bond donors (Lipinski definition) is 2. The Kier molecular flexibility index (Phi) is 2.29. The van der Waals surface area contributed by atoms with Crippen LogP contribution in [-0.2, 0) is 16.8 Å². The lowest BCUT2D eigenvalue weighted by molar-refractivity contribution is -0.124. The van der Waals surface area contributed by atoms with E-state index >= 15 is 0 Å². The van der Waals surface area contributed by atoms with Crippen molar-refractivity contribution in [1.29, 1.82) is 0 Å². The average molecular weight is 251 g/mol. The molecule has 0 aromatic carbocycles. The Morgan fingerprint density at radius 1 is 1.39 bits per heavy atom. The highest BCUT2D eigenvalue weighted by Crippen LogP contribution is 2.41. The number of nitrogens with zero attached hydrogens (tertiary/aromatic N) is 1. The number of imide groups is 1. The third-order valence-corrected chi connectivity index (χ3v) is 3.50. The van der Waals surface area contributed by atoms with E-state index in [1.165, 1.54) is 7.11 Å². The highest BCUT2D eigenvalue weighted by Gasteiger charge is 2.52. The van der Waals surface area contributed by atoms with Gasteiger partial charge in [0.15, 0.2) is 5.54 Å². The number of amides is 3. The minimum atomic E-state index is -1.09.